The van der Waals surface area contributed by atoms with Gasteiger partial charge in [-0.3, -0.25) is 4.79 Å². The van der Waals surface area contributed by atoms with Crippen molar-refractivity contribution >= 4 is 27.8 Å². The van der Waals surface area contributed by atoms with Gasteiger partial charge in [0.2, 0.25) is 18.2 Å². The third-order valence-corrected chi connectivity index (χ3v) is 6.11. The van der Waals surface area contributed by atoms with E-state index in [1.807, 2.05) is 6.92 Å². The molecular weight excluding hydrogens is 470 g/mol. The third-order valence-electron chi connectivity index (χ3n) is 4.86. The van der Waals surface area contributed by atoms with E-state index in [0.717, 1.165) is 5.56 Å². The number of carbonyl (C=O) groups is 1. The minimum atomic E-state index is -4.03. The van der Waals surface area contributed by atoms with Crippen molar-refractivity contribution in [1.82, 2.24) is 10.2 Å². The van der Waals surface area contributed by atoms with Crippen LogP contribution in [0, 0.1) is 6.92 Å². The SMILES string of the molecule is COc1cc(/C=C/C(=O)Nc2cccc(-c3nnco3)c2)ccc1OS(=O)(=O)c1ccc(C)cc1. The standard InChI is InChI=1S/C25H21N3O6S/c1-17-6-10-21(11-7-17)35(30,31)34-22-12-8-18(14-23(22)32-2)9-13-24(29)27-20-5-3-4-19(15-20)25-28-26-16-33-25/h3-16H,1-2H3,(H,27,29)/b13-9+. The number of carbonyl (C=O) groups excluding carboxylic acids is 1. The summed E-state index contributed by atoms with van der Waals surface area (Å²) in [6, 6.07) is 18.0. The lowest BCUT2D eigenvalue weighted by Crippen LogP contribution is -2.10. The molecule has 0 saturated carbocycles. The molecule has 10 heteroatoms. The van der Waals surface area contributed by atoms with Gasteiger partial charge in [0.15, 0.2) is 11.5 Å². The first-order chi connectivity index (χ1) is 16.8. The Kier molecular flexibility index (Phi) is 6.93. The molecule has 0 aliphatic carbocycles. The second-order valence-electron chi connectivity index (χ2n) is 7.41. The van der Waals surface area contributed by atoms with E-state index >= 15 is 0 Å². The summed E-state index contributed by atoms with van der Waals surface area (Å²) in [5, 5.41) is 10.2. The number of hydrogen-bond acceptors (Lipinski definition) is 8. The molecule has 4 rings (SSSR count). The summed E-state index contributed by atoms with van der Waals surface area (Å²) in [5.41, 5.74) is 2.76. The van der Waals surface area contributed by atoms with E-state index < -0.39 is 10.1 Å². The van der Waals surface area contributed by atoms with E-state index in [9.17, 15) is 13.2 Å². The lowest BCUT2D eigenvalue weighted by molar-refractivity contribution is -0.111. The van der Waals surface area contributed by atoms with Crippen molar-refractivity contribution in [2.24, 2.45) is 0 Å². The smallest absolute Gasteiger partial charge is 0.339 e. The molecule has 1 N–H and O–H groups in total. The number of ether oxygens (including phenoxy) is 1. The van der Waals surface area contributed by atoms with Gasteiger partial charge in [0.1, 0.15) is 4.90 Å². The summed E-state index contributed by atoms with van der Waals surface area (Å²) >= 11 is 0. The van der Waals surface area contributed by atoms with Crippen LogP contribution in [0.15, 0.2) is 88.5 Å². The number of aromatic nitrogens is 2. The zero-order chi connectivity index (χ0) is 24.8. The minimum absolute atomic E-state index is 0.0347. The van der Waals surface area contributed by atoms with Crippen LogP contribution in [0.5, 0.6) is 11.5 Å². The van der Waals surface area contributed by atoms with Gasteiger partial charge in [-0.25, -0.2) is 0 Å². The van der Waals surface area contributed by atoms with Crippen molar-refractivity contribution in [1.29, 1.82) is 0 Å². The number of hydrogen-bond donors (Lipinski definition) is 1. The van der Waals surface area contributed by atoms with Crippen LogP contribution in [-0.2, 0) is 14.9 Å². The average molecular weight is 492 g/mol. The highest BCUT2D eigenvalue weighted by atomic mass is 32.2. The zero-order valence-corrected chi connectivity index (χ0v) is 19.7. The van der Waals surface area contributed by atoms with Crippen LogP contribution in [0.1, 0.15) is 11.1 Å². The van der Waals surface area contributed by atoms with E-state index in [0.29, 0.717) is 22.7 Å². The fourth-order valence-corrected chi connectivity index (χ4v) is 4.05. The highest BCUT2D eigenvalue weighted by Gasteiger charge is 2.19. The Morgan fingerprint density at radius 2 is 1.83 bits per heavy atom. The van der Waals surface area contributed by atoms with Crippen LogP contribution in [0.4, 0.5) is 5.69 Å². The van der Waals surface area contributed by atoms with Crippen molar-refractivity contribution < 1.29 is 26.5 Å². The number of aryl methyl sites for hydroxylation is 1. The molecule has 0 aliphatic rings. The first-order valence-corrected chi connectivity index (χ1v) is 11.8. The molecule has 1 aromatic heterocycles. The van der Waals surface area contributed by atoms with Gasteiger partial charge in [-0.05, 0) is 61.0 Å². The molecule has 0 fully saturated rings. The van der Waals surface area contributed by atoms with Gasteiger partial charge >= 0.3 is 10.1 Å². The molecule has 9 nitrogen and oxygen atoms in total. The van der Waals surface area contributed by atoms with E-state index in [4.69, 9.17) is 13.3 Å². The van der Waals surface area contributed by atoms with Gasteiger partial charge in [0.05, 0.1) is 7.11 Å². The summed E-state index contributed by atoms with van der Waals surface area (Å²) in [4.78, 5) is 12.4. The Bertz CT molecular complexity index is 1460. The van der Waals surface area contributed by atoms with Crippen molar-refractivity contribution in [2.45, 2.75) is 11.8 Å². The largest absolute Gasteiger partial charge is 0.493 e. The van der Waals surface area contributed by atoms with Crippen LogP contribution in [0.2, 0.25) is 0 Å². The second-order valence-corrected chi connectivity index (χ2v) is 8.95. The van der Waals surface area contributed by atoms with Crippen molar-refractivity contribution in [3.63, 3.8) is 0 Å². The van der Waals surface area contributed by atoms with Crippen LogP contribution < -0.4 is 14.2 Å². The normalized spacial score (nSPS) is 11.4. The van der Waals surface area contributed by atoms with Gasteiger partial charge in [-0.1, -0.05) is 29.8 Å². The molecule has 0 saturated heterocycles. The van der Waals surface area contributed by atoms with E-state index in [1.54, 1.807) is 54.6 Å². The average Bonchev–Trinajstić information content (AvgIpc) is 3.39. The van der Waals surface area contributed by atoms with Crippen LogP contribution in [0.3, 0.4) is 0 Å². The predicted molar refractivity (Wildman–Crippen MR) is 129 cm³/mol. The predicted octanol–water partition coefficient (Wildman–Crippen LogP) is 4.47. The Morgan fingerprint density at radius 3 is 2.54 bits per heavy atom. The molecule has 0 bridgehead atoms. The Morgan fingerprint density at radius 1 is 1.03 bits per heavy atom. The molecule has 0 radical (unpaired) electrons. The topological polar surface area (TPSA) is 121 Å². The maximum Gasteiger partial charge on any atom is 0.339 e. The Hall–Kier alpha value is -4.44. The molecular formula is C25H21N3O6S. The maximum absolute atomic E-state index is 12.6. The highest BCUT2D eigenvalue weighted by molar-refractivity contribution is 7.87. The summed E-state index contributed by atoms with van der Waals surface area (Å²) < 4.78 is 40.9. The molecule has 0 atom stereocenters. The fourth-order valence-electron chi connectivity index (χ4n) is 3.11. The van der Waals surface area contributed by atoms with E-state index in [1.165, 1.54) is 37.8 Å². The Balaban J connectivity index is 1.45. The van der Waals surface area contributed by atoms with Gasteiger partial charge in [-0.2, -0.15) is 8.42 Å². The maximum atomic E-state index is 12.6. The summed E-state index contributed by atoms with van der Waals surface area (Å²) in [7, 11) is -2.63. The molecule has 178 valence electrons. The second kappa shape index (κ2) is 10.2. The lowest BCUT2D eigenvalue weighted by atomic mass is 10.2. The molecule has 0 unspecified atom stereocenters. The monoisotopic (exact) mass is 491 g/mol. The number of rotatable bonds is 8. The molecule has 1 heterocycles. The summed E-state index contributed by atoms with van der Waals surface area (Å²) in [5.74, 6) is 0.215. The third kappa shape index (κ3) is 5.92. The molecule has 0 spiro atoms. The fraction of sp³-hybridized carbons (Fsp3) is 0.0800. The quantitative estimate of drug-likeness (QED) is 0.283. The van der Waals surface area contributed by atoms with Crippen molar-refractivity contribution in [2.75, 3.05) is 12.4 Å². The summed E-state index contributed by atoms with van der Waals surface area (Å²) in [6.07, 6.45) is 4.14. The number of benzene rings is 3. The lowest BCUT2D eigenvalue weighted by Gasteiger charge is -2.11. The van der Waals surface area contributed by atoms with Crippen LogP contribution in [0.25, 0.3) is 17.5 Å². The first-order valence-electron chi connectivity index (χ1n) is 10.4. The number of nitrogens with one attached hydrogen (secondary N) is 1. The number of amides is 1. The molecule has 4 aromatic rings. The molecule has 1 amide bonds. The first kappa shape index (κ1) is 23.7. The highest BCUT2D eigenvalue weighted by Crippen LogP contribution is 2.31. The Labute approximate surface area is 202 Å². The van der Waals surface area contributed by atoms with Gasteiger partial charge in [0.25, 0.3) is 0 Å². The van der Waals surface area contributed by atoms with E-state index in [2.05, 4.69) is 15.5 Å². The van der Waals surface area contributed by atoms with Crippen LogP contribution >= 0.6 is 0 Å². The van der Waals surface area contributed by atoms with Crippen molar-refractivity contribution in [3.05, 3.63) is 90.3 Å². The van der Waals surface area contributed by atoms with E-state index in [-0.39, 0.29) is 22.3 Å². The summed E-state index contributed by atoms with van der Waals surface area (Å²) in [6.45, 7) is 1.86. The van der Waals surface area contributed by atoms with Crippen LogP contribution in [-0.4, -0.2) is 31.6 Å². The number of methoxy groups -OCH3 is 1. The van der Waals surface area contributed by atoms with Gasteiger partial charge in [0, 0.05) is 17.3 Å². The minimum Gasteiger partial charge on any atom is -0.493 e. The molecule has 0 aliphatic heterocycles. The molecule has 3 aromatic carbocycles. The van der Waals surface area contributed by atoms with Crippen molar-refractivity contribution in [3.8, 4) is 23.0 Å². The van der Waals surface area contributed by atoms with Gasteiger partial charge < -0.3 is 18.7 Å². The number of anilines is 1. The van der Waals surface area contributed by atoms with Gasteiger partial charge in [-0.15, -0.1) is 10.2 Å². The zero-order valence-electron chi connectivity index (χ0n) is 18.8. The molecule has 35 heavy (non-hydrogen) atoms. The number of nitrogens with zero attached hydrogens (tertiary/aromatic N) is 2.